The van der Waals surface area contributed by atoms with Crippen molar-refractivity contribution in [1.82, 2.24) is 4.31 Å². The summed E-state index contributed by atoms with van der Waals surface area (Å²) in [6.07, 6.45) is 1.40. The lowest BCUT2D eigenvalue weighted by molar-refractivity contribution is 0.101. The number of nitrogens with zero attached hydrogens (tertiary/aromatic N) is 1. The number of halogens is 1. The molecule has 0 unspecified atom stereocenters. The van der Waals surface area contributed by atoms with Crippen LogP contribution < -0.4 is 0 Å². The Balaban J connectivity index is 1.97. The van der Waals surface area contributed by atoms with Crippen LogP contribution in [0.2, 0.25) is 0 Å². The third-order valence-corrected chi connectivity index (χ3v) is 6.25. The molecule has 0 N–H and O–H groups in total. The van der Waals surface area contributed by atoms with Crippen LogP contribution in [0, 0.1) is 18.2 Å². The minimum absolute atomic E-state index is 0.172. The summed E-state index contributed by atoms with van der Waals surface area (Å²) in [6.45, 7) is 5.70. The van der Waals surface area contributed by atoms with E-state index >= 15 is 0 Å². The molecule has 2 aromatic rings. The molecule has 26 heavy (non-hydrogen) atoms. The lowest BCUT2D eigenvalue weighted by Crippen LogP contribution is -2.30. The second-order valence-corrected chi connectivity index (χ2v) is 9.02. The van der Waals surface area contributed by atoms with Crippen LogP contribution in [0.5, 0.6) is 0 Å². The number of ketones is 1. The second-order valence-electron chi connectivity index (χ2n) is 7.13. The highest BCUT2D eigenvalue weighted by molar-refractivity contribution is 7.89. The average molecular weight is 373 g/mol. The van der Waals surface area contributed by atoms with E-state index in [-0.39, 0.29) is 17.2 Å². The second kappa shape index (κ2) is 6.36. The summed E-state index contributed by atoms with van der Waals surface area (Å²) < 4.78 is 40.1. The van der Waals surface area contributed by atoms with Gasteiger partial charge in [-0.2, -0.15) is 0 Å². The molecule has 136 valence electrons. The largest absolute Gasteiger partial charge is 0.289 e. The Kier molecular flexibility index (Phi) is 4.48. The zero-order valence-electron chi connectivity index (χ0n) is 14.9. The van der Waals surface area contributed by atoms with Gasteiger partial charge >= 0.3 is 0 Å². The number of carbonyl (C=O) groups excluding carboxylic acids is 1. The van der Waals surface area contributed by atoms with Gasteiger partial charge in [-0.1, -0.05) is 31.5 Å². The van der Waals surface area contributed by atoms with Gasteiger partial charge in [0.25, 0.3) is 10.0 Å². The molecule has 0 saturated carbocycles. The molecule has 2 aromatic carbocycles. The van der Waals surface area contributed by atoms with Gasteiger partial charge in [0.15, 0.2) is 5.78 Å². The minimum atomic E-state index is -3.74. The Labute approximate surface area is 153 Å². The van der Waals surface area contributed by atoms with E-state index in [0.29, 0.717) is 11.1 Å². The van der Waals surface area contributed by atoms with Crippen LogP contribution in [0.4, 0.5) is 4.39 Å². The molecule has 1 aliphatic heterocycles. The number of carbonyl (C=O) groups is 1. The third kappa shape index (κ3) is 3.29. The van der Waals surface area contributed by atoms with E-state index in [2.05, 4.69) is 0 Å². The first-order valence-corrected chi connectivity index (χ1v) is 9.66. The summed E-state index contributed by atoms with van der Waals surface area (Å²) in [5.74, 6) is -0.721. The van der Waals surface area contributed by atoms with E-state index < -0.39 is 21.3 Å². The van der Waals surface area contributed by atoms with Crippen molar-refractivity contribution in [3.8, 4) is 0 Å². The van der Waals surface area contributed by atoms with Crippen molar-refractivity contribution in [3.63, 3.8) is 0 Å². The van der Waals surface area contributed by atoms with Crippen molar-refractivity contribution in [2.24, 2.45) is 5.41 Å². The summed E-state index contributed by atoms with van der Waals surface area (Å²) >= 11 is 0. The number of benzene rings is 2. The smallest absolute Gasteiger partial charge is 0.263 e. The van der Waals surface area contributed by atoms with Gasteiger partial charge in [-0.3, -0.25) is 9.10 Å². The van der Waals surface area contributed by atoms with Gasteiger partial charge in [0.1, 0.15) is 5.82 Å². The highest BCUT2D eigenvalue weighted by atomic mass is 32.2. The highest BCUT2D eigenvalue weighted by Gasteiger charge is 2.40. The molecule has 0 aliphatic carbocycles. The van der Waals surface area contributed by atoms with E-state index in [1.165, 1.54) is 34.8 Å². The van der Waals surface area contributed by atoms with E-state index in [4.69, 9.17) is 0 Å². The molecule has 0 atom stereocenters. The Hall–Kier alpha value is -2.47. The van der Waals surface area contributed by atoms with Crippen molar-refractivity contribution < 1.29 is 17.6 Å². The van der Waals surface area contributed by atoms with Gasteiger partial charge in [-0.15, -0.1) is 0 Å². The molecule has 0 aromatic heterocycles. The normalized spacial score (nSPS) is 16.5. The first-order chi connectivity index (χ1) is 12.1. The summed E-state index contributed by atoms with van der Waals surface area (Å²) in [5.41, 5.74) is 1.04. The molecular weight excluding hydrogens is 353 g/mol. The average Bonchev–Trinajstić information content (AvgIpc) is 2.91. The summed E-state index contributed by atoms with van der Waals surface area (Å²) in [7, 11) is -3.74. The third-order valence-electron chi connectivity index (χ3n) is 4.53. The molecule has 3 rings (SSSR count). The minimum Gasteiger partial charge on any atom is -0.289 e. The fraction of sp³-hybridized carbons (Fsp3) is 0.250. The zero-order chi connectivity index (χ0) is 19.1. The standard InChI is InChI=1S/C20H20FNO3S/c1-14-4-10-17(11-5-14)26(24,25)22-12-18(20(2,3)13-22)19(23)15-6-8-16(21)9-7-15/h4-12H,13H2,1-3H3. The fourth-order valence-corrected chi connectivity index (χ4v) is 4.45. The number of aryl methyl sites for hydroxylation is 1. The van der Waals surface area contributed by atoms with Crippen molar-refractivity contribution in [2.75, 3.05) is 6.54 Å². The Morgan fingerprint density at radius 2 is 1.62 bits per heavy atom. The maximum atomic E-state index is 13.1. The number of hydrogen-bond acceptors (Lipinski definition) is 3. The molecule has 0 bridgehead atoms. The van der Waals surface area contributed by atoms with Crippen LogP contribution in [0.25, 0.3) is 0 Å². The van der Waals surface area contributed by atoms with Crippen molar-refractivity contribution >= 4 is 15.8 Å². The number of rotatable bonds is 4. The van der Waals surface area contributed by atoms with Crippen molar-refractivity contribution in [3.05, 3.63) is 77.2 Å². The van der Waals surface area contributed by atoms with E-state index in [9.17, 15) is 17.6 Å². The first kappa shape index (κ1) is 18.3. The monoisotopic (exact) mass is 373 g/mol. The van der Waals surface area contributed by atoms with E-state index in [1.54, 1.807) is 24.3 Å². The predicted molar refractivity (Wildman–Crippen MR) is 97.7 cm³/mol. The molecule has 4 nitrogen and oxygen atoms in total. The van der Waals surface area contributed by atoms with Gasteiger partial charge in [0.2, 0.25) is 0 Å². The predicted octanol–water partition coefficient (Wildman–Crippen LogP) is 3.93. The highest BCUT2D eigenvalue weighted by Crippen LogP contribution is 2.38. The molecule has 1 heterocycles. The lowest BCUT2D eigenvalue weighted by atomic mass is 9.83. The van der Waals surface area contributed by atoms with Crippen LogP contribution in [0.1, 0.15) is 29.8 Å². The van der Waals surface area contributed by atoms with Gasteiger partial charge in [-0.05, 0) is 43.3 Å². The SMILES string of the molecule is Cc1ccc(S(=O)(=O)N2C=C(C(=O)c3ccc(F)cc3)C(C)(C)C2)cc1. The van der Waals surface area contributed by atoms with Crippen LogP contribution >= 0.6 is 0 Å². The summed E-state index contributed by atoms with van der Waals surface area (Å²) in [4.78, 5) is 13.0. The van der Waals surface area contributed by atoms with Gasteiger partial charge in [0.05, 0.1) is 4.90 Å². The summed E-state index contributed by atoms with van der Waals surface area (Å²) in [5, 5.41) is 0. The zero-order valence-corrected chi connectivity index (χ0v) is 15.7. The maximum Gasteiger partial charge on any atom is 0.263 e. The molecule has 0 amide bonds. The molecular formula is C20H20FNO3S. The fourth-order valence-electron chi connectivity index (χ4n) is 2.96. The maximum absolute atomic E-state index is 13.1. The molecule has 0 saturated heterocycles. The van der Waals surface area contributed by atoms with Crippen LogP contribution in [0.15, 0.2) is 65.2 Å². The topological polar surface area (TPSA) is 54.5 Å². The van der Waals surface area contributed by atoms with Crippen molar-refractivity contribution in [2.45, 2.75) is 25.7 Å². The molecule has 0 fully saturated rings. The van der Waals surface area contributed by atoms with E-state index in [0.717, 1.165) is 5.56 Å². The Morgan fingerprint density at radius 3 is 2.19 bits per heavy atom. The number of sulfonamides is 1. The summed E-state index contributed by atoms with van der Waals surface area (Å²) in [6, 6.07) is 11.9. The number of Topliss-reactive ketones (excluding diaryl/α,β-unsaturated/α-hetero) is 1. The Bertz CT molecular complexity index is 975. The molecule has 0 radical (unpaired) electrons. The van der Waals surface area contributed by atoms with Gasteiger partial charge in [0, 0.05) is 29.3 Å². The molecule has 0 spiro atoms. The van der Waals surface area contributed by atoms with Crippen molar-refractivity contribution in [1.29, 1.82) is 0 Å². The van der Waals surface area contributed by atoms with Crippen LogP contribution in [-0.2, 0) is 10.0 Å². The number of hydrogen-bond donors (Lipinski definition) is 0. The van der Waals surface area contributed by atoms with Gasteiger partial charge in [-0.25, -0.2) is 12.8 Å². The first-order valence-electron chi connectivity index (χ1n) is 8.22. The van der Waals surface area contributed by atoms with E-state index in [1.807, 2.05) is 20.8 Å². The molecule has 6 heteroatoms. The van der Waals surface area contributed by atoms with Crippen LogP contribution in [-0.4, -0.2) is 25.1 Å². The van der Waals surface area contributed by atoms with Crippen LogP contribution in [0.3, 0.4) is 0 Å². The Morgan fingerprint density at radius 1 is 1.04 bits per heavy atom. The lowest BCUT2D eigenvalue weighted by Gasteiger charge is -2.23. The quantitative estimate of drug-likeness (QED) is 0.763. The molecule has 1 aliphatic rings. The van der Waals surface area contributed by atoms with Gasteiger partial charge < -0.3 is 0 Å².